The summed E-state index contributed by atoms with van der Waals surface area (Å²) in [6, 6.07) is 0. The molecule has 10 heteroatoms. The normalized spacial score (nSPS) is 13.9. The quantitative estimate of drug-likeness (QED) is 0.0198. The summed E-state index contributed by atoms with van der Waals surface area (Å²) in [6.45, 7) is 5.63. The Morgan fingerprint density at radius 2 is 1.05 bits per heavy atom. The summed E-state index contributed by atoms with van der Waals surface area (Å²) in [7, 11) is 1.14. The average Bonchev–Trinajstić information content (AvgIpc) is 3.15. The Morgan fingerprint density at radius 1 is 0.607 bits per heavy atom. The molecule has 0 aromatic rings. The van der Waals surface area contributed by atoms with E-state index >= 15 is 0 Å². The number of likely N-dealkylation sites (N-methyl/N-ethyl adjacent to an activating group) is 1. The molecule has 0 spiro atoms. The molecule has 56 heavy (non-hydrogen) atoms. The highest BCUT2D eigenvalue weighted by Crippen LogP contribution is 2.38. The summed E-state index contributed by atoms with van der Waals surface area (Å²) in [4.78, 5) is 37.5. The smallest absolute Gasteiger partial charge is 0.306 e. The Hall–Kier alpha value is -2.29. The zero-order valence-electron chi connectivity index (χ0n) is 36.1. The highest BCUT2D eigenvalue weighted by atomic mass is 31.2. The van der Waals surface area contributed by atoms with Crippen LogP contribution in [-0.2, 0) is 32.7 Å². The second-order valence-corrected chi connectivity index (χ2v) is 17.2. The number of phosphoric ester groups is 1. The van der Waals surface area contributed by atoms with Gasteiger partial charge in [-0.15, -0.1) is 6.58 Å². The maximum Gasteiger partial charge on any atom is 0.306 e. The molecule has 0 aromatic carbocycles. The zero-order chi connectivity index (χ0) is 41.4. The fraction of sp³-hybridized carbons (Fsp3) is 0.739. The minimum Gasteiger partial charge on any atom is -0.756 e. The number of hydrogen-bond acceptors (Lipinski definition) is 8. The Labute approximate surface area is 343 Å². The van der Waals surface area contributed by atoms with Crippen LogP contribution in [0.5, 0.6) is 0 Å². The van der Waals surface area contributed by atoms with Gasteiger partial charge in [-0.05, 0) is 64.2 Å². The van der Waals surface area contributed by atoms with Crippen LogP contribution in [0.3, 0.4) is 0 Å². The van der Waals surface area contributed by atoms with Crippen molar-refractivity contribution in [1.82, 2.24) is 0 Å². The lowest BCUT2D eigenvalue weighted by molar-refractivity contribution is -0.870. The summed E-state index contributed by atoms with van der Waals surface area (Å²) in [5, 5.41) is 0. The van der Waals surface area contributed by atoms with Crippen LogP contribution < -0.4 is 4.89 Å². The van der Waals surface area contributed by atoms with Gasteiger partial charge >= 0.3 is 11.9 Å². The Balaban J connectivity index is 4.41. The summed E-state index contributed by atoms with van der Waals surface area (Å²) in [5.74, 6) is -0.876. The van der Waals surface area contributed by atoms with Crippen LogP contribution in [0.4, 0.5) is 0 Å². The van der Waals surface area contributed by atoms with E-state index < -0.39 is 32.5 Å². The van der Waals surface area contributed by atoms with Gasteiger partial charge in [0, 0.05) is 12.8 Å². The van der Waals surface area contributed by atoms with Gasteiger partial charge in [-0.25, -0.2) is 0 Å². The molecule has 0 rings (SSSR count). The first-order chi connectivity index (χ1) is 27.0. The van der Waals surface area contributed by atoms with Gasteiger partial charge in [0.25, 0.3) is 7.82 Å². The molecule has 0 amide bonds. The number of phosphoric acid groups is 1. The first-order valence-electron chi connectivity index (χ1n) is 22.0. The second-order valence-electron chi connectivity index (χ2n) is 15.8. The largest absolute Gasteiger partial charge is 0.756 e. The number of rotatable bonds is 40. The number of ether oxygens (including phenoxy) is 2. The molecule has 0 fully saturated rings. The molecule has 0 aliphatic heterocycles. The monoisotopic (exact) mass is 808 g/mol. The van der Waals surface area contributed by atoms with E-state index in [1.165, 1.54) is 64.2 Å². The molecule has 0 saturated heterocycles. The molecule has 0 aliphatic rings. The van der Waals surface area contributed by atoms with Crippen molar-refractivity contribution in [1.29, 1.82) is 0 Å². The van der Waals surface area contributed by atoms with E-state index in [2.05, 4.69) is 62.1 Å². The predicted octanol–water partition coefficient (Wildman–Crippen LogP) is 11.8. The first kappa shape index (κ1) is 53.7. The third-order valence-electron chi connectivity index (χ3n) is 9.14. The number of unbranched alkanes of at least 4 members (excludes halogenated alkanes) is 17. The van der Waals surface area contributed by atoms with E-state index in [0.717, 1.165) is 70.6 Å². The highest BCUT2D eigenvalue weighted by Gasteiger charge is 2.21. The Kier molecular flexibility index (Phi) is 36.7. The van der Waals surface area contributed by atoms with Gasteiger partial charge in [0.1, 0.15) is 19.8 Å². The summed E-state index contributed by atoms with van der Waals surface area (Å²) in [6.07, 6.45) is 44.2. The molecule has 0 aromatic heterocycles. The van der Waals surface area contributed by atoms with Gasteiger partial charge in [0.15, 0.2) is 6.10 Å². The number of hydrogen-bond donors (Lipinski definition) is 0. The van der Waals surface area contributed by atoms with Crippen LogP contribution in [-0.4, -0.2) is 70.0 Å². The van der Waals surface area contributed by atoms with Gasteiger partial charge in [0.2, 0.25) is 0 Å². The molecule has 0 aliphatic carbocycles. The van der Waals surface area contributed by atoms with E-state index in [9.17, 15) is 19.0 Å². The lowest BCUT2D eigenvalue weighted by Crippen LogP contribution is -2.37. The van der Waals surface area contributed by atoms with Gasteiger partial charge in [-0.2, -0.15) is 0 Å². The van der Waals surface area contributed by atoms with Crippen molar-refractivity contribution in [2.75, 3.05) is 47.5 Å². The number of carbonyl (C=O) groups is 2. The molecule has 9 nitrogen and oxygen atoms in total. The van der Waals surface area contributed by atoms with E-state index in [-0.39, 0.29) is 26.1 Å². The minimum atomic E-state index is -4.63. The lowest BCUT2D eigenvalue weighted by Gasteiger charge is -2.28. The second kappa shape index (κ2) is 38.2. The van der Waals surface area contributed by atoms with Gasteiger partial charge in [0.05, 0.1) is 27.7 Å². The molecular weight excluding hydrogens is 725 g/mol. The Morgan fingerprint density at radius 3 is 1.57 bits per heavy atom. The molecule has 0 radical (unpaired) electrons. The highest BCUT2D eigenvalue weighted by molar-refractivity contribution is 7.45. The van der Waals surface area contributed by atoms with Gasteiger partial charge in [-0.3, -0.25) is 14.2 Å². The molecule has 1 unspecified atom stereocenters. The van der Waals surface area contributed by atoms with Crippen molar-refractivity contribution in [2.45, 2.75) is 174 Å². The summed E-state index contributed by atoms with van der Waals surface area (Å²) < 4.78 is 33.9. The van der Waals surface area contributed by atoms with Crippen LogP contribution in [0.1, 0.15) is 167 Å². The van der Waals surface area contributed by atoms with Crippen LogP contribution in [0.2, 0.25) is 0 Å². The number of carbonyl (C=O) groups excluding carboxylic acids is 2. The minimum absolute atomic E-state index is 0.0389. The van der Waals surface area contributed by atoms with Crippen LogP contribution >= 0.6 is 7.82 Å². The fourth-order valence-electron chi connectivity index (χ4n) is 5.68. The third kappa shape index (κ3) is 41.3. The van der Waals surface area contributed by atoms with Crippen LogP contribution in [0.15, 0.2) is 61.3 Å². The molecule has 2 atom stereocenters. The topological polar surface area (TPSA) is 111 Å². The van der Waals surface area contributed by atoms with Crippen molar-refractivity contribution < 1.29 is 42.1 Å². The third-order valence-corrected chi connectivity index (χ3v) is 10.1. The van der Waals surface area contributed by atoms with Gasteiger partial charge < -0.3 is 27.9 Å². The average molecular weight is 808 g/mol. The van der Waals surface area contributed by atoms with Crippen molar-refractivity contribution in [3.8, 4) is 0 Å². The summed E-state index contributed by atoms with van der Waals surface area (Å²) >= 11 is 0. The molecule has 324 valence electrons. The number of nitrogens with zero attached hydrogens (tertiary/aromatic N) is 1. The van der Waals surface area contributed by atoms with Crippen molar-refractivity contribution in [3.63, 3.8) is 0 Å². The SMILES string of the molecule is C=CCCCCCCCCCCCCCCCC(=O)O[C@H](COC(=O)CCCCC/C=C/C/C=C/C/C=C/C/C=C/CCC)COP(=O)([O-])OCC[N+](C)(C)C. The summed E-state index contributed by atoms with van der Waals surface area (Å²) in [5.41, 5.74) is 0. The fourth-order valence-corrected chi connectivity index (χ4v) is 6.41. The van der Waals surface area contributed by atoms with Crippen LogP contribution in [0, 0.1) is 0 Å². The van der Waals surface area contributed by atoms with Crippen molar-refractivity contribution in [3.05, 3.63) is 61.3 Å². The van der Waals surface area contributed by atoms with E-state index in [1.54, 1.807) is 0 Å². The van der Waals surface area contributed by atoms with E-state index in [0.29, 0.717) is 23.9 Å². The van der Waals surface area contributed by atoms with E-state index in [1.807, 2.05) is 27.2 Å². The van der Waals surface area contributed by atoms with Crippen molar-refractivity contribution in [2.24, 2.45) is 0 Å². The number of quaternary nitrogens is 1. The van der Waals surface area contributed by atoms with E-state index in [4.69, 9.17) is 18.5 Å². The maximum absolute atomic E-state index is 12.7. The molecule has 0 heterocycles. The zero-order valence-corrected chi connectivity index (χ0v) is 37.0. The predicted molar refractivity (Wildman–Crippen MR) is 231 cm³/mol. The van der Waals surface area contributed by atoms with Crippen LogP contribution in [0.25, 0.3) is 0 Å². The first-order valence-corrected chi connectivity index (χ1v) is 23.4. The molecule has 0 N–H and O–H groups in total. The lowest BCUT2D eigenvalue weighted by atomic mass is 10.0. The molecule has 0 bridgehead atoms. The maximum atomic E-state index is 12.7. The van der Waals surface area contributed by atoms with Gasteiger partial charge in [-0.1, -0.05) is 145 Å². The standard InChI is InChI=1S/C46H82NO8P/c1-6-8-10-12-14-16-18-20-22-23-25-26-28-30-32-34-36-38-45(48)52-42-44(43-54-56(50,51)53-41-40-47(3,4)5)55-46(49)39-37-35-33-31-29-27-24-21-19-17-15-13-11-9-7-2/h7,10,12,16,18,22-23,26,28,44H,2,6,8-9,11,13-15,17,19-21,24-25,27,29-43H2,1,3-5H3/b12-10+,18-16+,23-22+,28-26+/t44-/m1/s1. The number of allylic oxidation sites excluding steroid dienone is 9. The number of esters is 2. The molecule has 0 saturated carbocycles. The van der Waals surface area contributed by atoms with Crippen molar-refractivity contribution >= 4 is 19.8 Å². The molecular formula is C46H82NO8P. The Bertz CT molecular complexity index is 1130.